The fourth-order valence-electron chi connectivity index (χ4n) is 2.50. The van der Waals surface area contributed by atoms with Gasteiger partial charge in [-0.3, -0.25) is 0 Å². The molecule has 0 fully saturated rings. The predicted molar refractivity (Wildman–Crippen MR) is 67.4 cm³/mol. The van der Waals surface area contributed by atoms with Crippen LogP contribution in [0.1, 0.15) is 62.2 Å². The van der Waals surface area contributed by atoms with Crippen molar-refractivity contribution >= 4 is 19.8 Å². The molecular formula is C12H29Sn-. The molecule has 82 valence electrons. The molecule has 0 aliphatic rings. The van der Waals surface area contributed by atoms with Crippen LogP contribution in [0.2, 0.25) is 11.8 Å². The Bertz CT molecular complexity index is 104. The van der Waals surface area contributed by atoms with E-state index in [2.05, 4.69) is 41.5 Å². The van der Waals surface area contributed by atoms with Gasteiger partial charge in [-0.1, -0.05) is 0 Å². The van der Waals surface area contributed by atoms with Crippen LogP contribution in [-0.4, -0.2) is 19.8 Å². The molecule has 0 bridgehead atoms. The van der Waals surface area contributed by atoms with Crippen molar-refractivity contribution in [2.45, 2.75) is 72.6 Å². The smallest absolute Gasteiger partial charge is 1.00 e. The molecule has 3 unspecified atom stereocenters. The number of hydrogen-bond acceptors (Lipinski definition) is 0. The minimum absolute atomic E-state index is 0. The Morgan fingerprint density at radius 1 is 0.769 bits per heavy atom. The fourth-order valence-corrected chi connectivity index (χ4v) is 16.8. The first-order valence-corrected chi connectivity index (χ1v) is 11.8. The van der Waals surface area contributed by atoms with E-state index in [0.29, 0.717) is 0 Å². The van der Waals surface area contributed by atoms with Gasteiger partial charge in [0, 0.05) is 0 Å². The molecule has 1 heteroatoms. The predicted octanol–water partition coefficient (Wildman–Crippen LogP) is 4.73. The third-order valence-corrected chi connectivity index (χ3v) is 19.2. The second-order valence-corrected chi connectivity index (χ2v) is 17.8. The van der Waals surface area contributed by atoms with E-state index < -0.39 is 19.8 Å². The molecule has 0 aliphatic heterocycles. The normalized spacial score (nSPS) is 20.8. The summed E-state index contributed by atoms with van der Waals surface area (Å²) in [6.45, 7) is 14.7. The van der Waals surface area contributed by atoms with Gasteiger partial charge in [0.1, 0.15) is 0 Å². The zero-order valence-electron chi connectivity index (χ0n) is 11.4. The van der Waals surface area contributed by atoms with Crippen LogP contribution in [0.5, 0.6) is 0 Å². The van der Waals surface area contributed by atoms with E-state index >= 15 is 0 Å². The van der Waals surface area contributed by atoms with E-state index in [9.17, 15) is 0 Å². The van der Waals surface area contributed by atoms with Gasteiger partial charge in [-0.2, -0.15) is 0 Å². The van der Waals surface area contributed by atoms with Gasteiger partial charge in [0.15, 0.2) is 0 Å². The topological polar surface area (TPSA) is 0 Å². The summed E-state index contributed by atoms with van der Waals surface area (Å²) >= 11 is -1.26. The van der Waals surface area contributed by atoms with E-state index in [0.717, 1.165) is 11.8 Å². The van der Waals surface area contributed by atoms with Crippen molar-refractivity contribution in [1.82, 2.24) is 0 Å². The molecule has 0 saturated carbocycles. The van der Waals surface area contributed by atoms with Crippen LogP contribution in [0.3, 0.4) is 0 Å². The molecule has 13 heavy (non-hydrogen) atoms. The van der Waals surface area contributed by atoms with Crippen molar-refractivity contribution in [2.24, 2.45) is 0 Å². The second-order valence-electron chi connectivity index (χ2n) is 4.73. The van der Waals surface area contributed by atoms with Crippen LogP contribution in [0.4, 0.5) is 0 Å². The van der Waals surface area contributed by atoms with Crippen LogP contribution in [0.25, 0.3) is 0 Å². The van der Waals surface area contributed by atoms with Crippen molar-refractivity contribution in [1.29, 1.82) is 0 Å². The second kappa shape index (κ2) is 7.14. The molecule has 0 saturated heterocycles. The summed E-state index contributed by atoms with van der Waals surface area (Å²) in [5, 5.41) is 0. The maximum atomic E-state index is 2.51. The molecular weight excluding hydrogens is 263 g/mol. The monoisotopic (exact) mass is 293 g/mol. The van der Waals surface area contributed by atoms with Crippen LogP contribution in [-0.2, 0) is 0 Å². The molecule has 0 aliphatic carbocycles. The van der Waals surface area contributed by atoms with Crippen LogP contribution in [0, 0.1) is 0 Å². The Hall–Kier alpha value is 0.799. The molecule has 0 aromatic heterocycles. The summed E-state index contributed by atoms with van der Waals surface area (Å²) in [6, 6.07) is 0. The van der Waals surface area contributed by atoms with Crippen molar-refractivity contribution in [3.05, 3.63) is 0 Å². The van der Waals surface area contributed by atoms with E-state index in [1.54, 1.807) is 0 Å². The minimum Gasteiger partial charge on any atom is -1.00 e. The molecule has 3 atom stereocenters. The van der Waals surface area contributed by atoms with Crippen LogP contribution in [0.15, 0.2) is 0 Å². The Morgan fingerprint density at radius 3 is 1.15 bits per heavy atom. The maximum absolute atomic E-state index is 2.51. The molecule has 0 rings (SSSR count). The molecule has 0 nitrogen and oxygen atoms in total. The largest absolute Gasteiger partial charge is 1.00 e. The Labute approximate surface area is 93.7 Å². The third kappa shape index (κ3) is 4.22. The fraction of sp³-hybridized carbons (Fsp3) is 1.00. The summed E-state index contributed by atoms with van der Waals surface area (Å²) in [6.07, 6.45) is 4.28. The molecule has 0 amide bonds. The van der Waals surface area contributed by atoms with Crippen LogP contribution >= 0.6 is 0 Å². The molecule has 0 heterocycles. The van der Waals surface area contributed by atoms with E-state index in [-0.39, 0.29) is 1.43 Å². The van der Waals surface area contributed by atoms with Gasteiger partial charge >= 0.3 is 92.4 Å². The molecule has 0 aromatic carbocycles. The summed E-state index contributed by atoms with van der Waals surface area (Å²) in [5.74, 6) is 0. The molecule has 0 N–H and O–H groups in total. The van der Waals surface area contributed by atoms with E-state index in [4.69, 9.17) is 0 Å². The van der Waals surface area contributed by atoms with Crippen molar-refractivity contribution in [3.63, 3.8) is 0 Å². The Morgan fingerprint density at radius 2 is 1.00 bits per heavy atom. The van der Waals surface area contributed by atoms with Gasteiger partial charge in [-0.25, -0.2) is 0 Å². The van der Waals surface area contributed by atoms with Crippen molar-refractivity contribution < 1.29 is 1.43 Å². The standard InChI is InChI=1S/3C4H9.Sn.2H/c3*1-3-4-2;;;/h3*3H,4H2,1-2H3;;;/q;;;;;-1. The van der Waals surface area contributed by atoms with Crippen LogP contribution < -0.4 is 0 Å². The van der Waals surface area contributed by atoms with Crippen molar-refractivity contribution in [3.8, 4) is 0 Å². The summed E-state index contributed by atoms with van der Waals surface area (Å²) in [4.78, 5) is 0. The first-order chi connectivity index (χ1) is 6.08. The number of rotatable bonds is 6. The zero-order valence-corrected chi connectivity index (χ0v) is 13.7. The average molecular weight is 292 g/mol. The van der Waals surface area contributed by atoms with Gasteiger partial charge < -0.3 is 1.43 Å². The average Bonchev–Trinajstić information content (AvgIpc) is 2.16. The van der Waals surface area contributed by atoms with Gasteiger partial charge in [0.2, 0.25) is 0 Å². The minimum atomic E-state index is -1.26. The summed E-state index contributed by atoms with van der Waals surface area (Å²) in [7, 11) is 0. The van der Waals surface area contributed by atoms with Gasteiger partial charge in [-0.15, -0.1) is 0 Å². The maximum Gasteiger partial charge on any atom is -1.00 e. The molecule has 0 spiro atoms. The first-order valence-electron chi connectivity index (χ1n) is 6.08. The summed E-state index contributed by atoms with van der Waals surface area (Å²) in [5.41, 5.74) is 0. The molecule has 0 radical (unpaired) electrons. The van der Waals surface area contributed by atoms with E-state index in [1.165, 1.54) is 19.3 Å². The SMILES string of the molecule is CC[CH](C)[SnH]([CH](C)CC)[CH](C)CC.[H-]. The molecule has 0 aromatic rings. The van der Waals surface area contributed by atoms with Gasteiger partial charge in [-0.05, 0) is 0 Å². The van der Waals surface area contributed by atoms with Gasteiger partial charge in [0.05, 0.1) is 0 Å². The zero-order chi connectivity index (χ0) is 10.4. The van der Waals surface area contributed by atoms with E-state index in [1.807, 2.05) is 0 Å². The third-order valence-electron chi connectivity index (χ3n) is 3.90. The van der Waals surface area contributed by atoms with Crippen molar-refractivity contribution in [2.75, 3.05) is 0 Å². The Kier molecular flexibility index (Phi) is 7.58. The summed E-state index contributed by atoms with van der Waals surface area (Å²) < 4.78 is 3.31. The quantitative estimate of drug-likeness (QED) is 0.621. The Balaban J connectivity index is 0. The number of hydrogen-bond donors (Lipinski definition) is 0. The first kappa shape index (κ1) is 13.8. The van der Waals surface area contributed by atoms with Gasteiger partial charge in [0.25, 0.3) is 0 Å².